The third kappa shape index (κ3) is 1.53. The predicted molar refractivity (Wildman–Crippen MR) is 40.2 cm³/mol. The van der Waals surface area contributed by atoms with Gasteiger partial charge in [-0.3, -0.25) is 0 Å². The Morgan fingerprint density at radius 3 is 2.70 bits per heavy atom. The van der Waals surface area contributed by atoms with E-state index in [-0.39, 0.29) is 5.82 Å². The molecule has 1 aromatic rings. The fourth-order valence-corrected chi connectivity index (χ4v) is 1.90. The average Bonchev–Trinajstić information content (AvgIpc) is 1.95. The van der Waals surface area contributed by atoms with Gasteiger partial charge in [-0.05, 0) is 0 Å². The second-order valence-corrected chi connectivity index (χ2v) is 3.85. The van der Waals surface area contributed by atoms with Crippen molar-refractivity contribution in [2.24, 2.45) is 0 Å². The minimum absolute atomic E-state index is 0.324. The molecule has 1 nitrogen and oxygen atoms in total. The summed E-state index contributed by atoms with van der Waals surface area (Å²) in [6.45, 7) is 0. The van der Waals surface area contributed by atoms with Crippen LogP contribution < -0.4 is 4.35 Å². The summed E-state index contributed by atoms with van der Waals surface area (Å²) in [5.41, 5.74) is 0. The van der Waals surface area contributed by atoms with E-state index in [9.17, 15) is 8.13 Å². The molecule has 0 fully saturated rings. The Morgan fingerprint density at radius 2 is 2.20 bits per heavy atom. The molecular formula is C6H3AsBrFO. The zero-order valence-electron chi connectivity index (χ0n) is 4.84. The summed E-state index contributed by atoms with van der Waals surface area (Å²) in [6.07, 6.45) is 0. The first kappa shape index (κ1) is 8.09. The van der Waals surface area contributed by atoms with Crippen LogP contribution in [0.3, 0.4) is 0 Å². The Kier molecular flexibility index (Phi) is 2.75. The first-order valence-electron chi connectivity index (χ1n) is 2.53. The Bertz CT molecular complexity index is 264. The van der Waals surface area contributed by atoms with Crippen molar-refractivity contribution < 1.29 is 8.13 Å². The molecule has 0 aliphatic carbocycles. The molecular weight excluding hydrogens is 262 g/mol. The van der Waals surface area contributed by atoms with Crippen LogP contribution in [0.15, 0.2) is 22.7 Å². The van der Waals surface area contributed by atoms with Gasteiger partial charge < -0.3 is 0 Å². The molecule has 0 N–H and O–H groups in total. The molecule has 52 valence electrons. The number of hydrogen-bond donors (Lipinski definition) is 0. The number of benzene rings is 1. The van der Waals surface area contributed by atoms with Gasteiger partial charge in [-0.1, -0.05) is 0 Å². The molecule has 0 aliphatic heterocycles. The van der Waals surface area contributed by atoms with Gasteiger partial charge in [0.25, 0.3) is 0 Å². The third-order valence-electron chi connectivity index (χ3n) is 1.03. The Morgan fingerprint density at radius 1 is 1.50 bits per heavy atom. The second kappa shape index (κ2) is 3.40. The molecule has 0 saturated carbocycles. The SMILES string of the molecule is O=[As]c1cccc(F)c1Br. The van der Waals surface area contributed by atoms with Crippen molar-refractivity contribution in [2.45, 2.75) is 0 Å². The Hall–Kier alpha value is -0.0116. The van der Waals surface area contributed by atoms with E-state index in [4.69, 9.17) is 0 Å². The molecule has 0 spiro atoms. The summed E-state index contributed by atoms with van der Waals surface area (Å²) < 4.78 is 23.9. The molecule has 0 atom stereocenters. The van der Waals surface area contributed by atoms with E-state index in [1.807, 2.05) is 0 Å². The van der Waals surface area contributed by atoms with Crippen LogP contribution >= 0.6 is 15.9 Å². The molecule has 1 rings (SSSR count). The third-order valence-corrected chi connectivity index (χ3v) is 3.70. The average molecular weight is 265 g/mol. The van der Waals surface area contributed by atoms with E-state index >= 15 is 0 Å². The minimum atomic E-state index is -1.14. The van der Waals surface area contributed by atoms with Crippen LogP contribution in [0.25, 0.3) is 0 Å². The fourth-order valence-electron chi connectivity index (χ4n) is 0.563. The maximum absolute atomic E-state index is 12.6. The van der Waals surface area contributed by atoms with Crippen molar-refractivity contribution in [3.05, 3.63) is 28.5 Å². The topological polar surface area (TPSA) is 17.1 Å². The van der Waals surface area contributed by atoms with Crippen molar-refractivity contribution >= 4 is 36.0 Å². The molecule has 0 bridgehead atoms. The predicted octanol–water partition coefficient (Wildman–Crippen LogP) is 1.26. The molecule has 10 heavy (non-hydrogen) atoms. The van der Waals surface area contributed by atoms with Crippen LogP contribution in [0, 0.1) is 5.82 Å². The molecule has 0 aromatic heterocycles. The molecule has 0 unspecified atom stereocenters. The number of halogens is 2. The van der Waals surface area contributed by atoms with Gasteiger partial charge in [-0.15, -0.1) is 0 Å². The second-order valence-electron chi connectivity index (χ2n) is 1.66. The molecule has 1 aromatic carbocycles. The zero-order chi connectivity index (χ0) is 7.56. The van der Waals surface area contributed by atoms with E-state index in [2.05, 4.69) is 15.9 Å². The van der Waals surface area contributed by atoms with E-state index in [1.54, 1.807) is 12.1 Å². The van der Waals surface area contributed by atoms with Gasteiger partial charge in [0.05, 0.1) is 0 Å². The van der Waals surface area contributed by atoms with Gasteiger partial charge in [-0.2, -0.15) is 0 Å². The first-order chi connectivity index (χ1) is 4.75. The van der Waals surface area contributed by atoms with E-state index in [0.717, 1.165) is 0 Å². The normalized spacial score (nSPS) is 10.2. The van der Waals surface area contributed by atoms with Crippen LogP contribution in [0.5, 0.6) is 0 Å². The summed E-state index contributed by atoms with van der Waals surface area (Å²) in [6, 6.07) is 4.51. The molecule has 0 heterocycles. The van der Waals surface area contributed by atoms with Gasteiger partial charge in [-0.25, -0.2) is 0 Å². The van der Waals surface area contributed by atoms with E-state index < -0.39 is 15.7 Å². The summed E-state index contributed by atoms with van der Waals surface area (Å²) in [5, 5.41) is 0. The summed E-state index contributed by atoms with van der Waals surface area (Å²) in [5.74, 6) is -0.358. The first-order valence-corrected chi connectivity index (χ1v) is 5.03. The zero-order valence-corrected chi connectivity index (χ0v) is 8.31. The van der Waals surface area contributed by atoms with Crippen LogP contribution in [-0.4, -0.2) is 15.7 Å². The molecule has 0 radical (unpaired) electrons. The van der Waals surface area contributed by atoms with Gasteiger partial charge in [0.2, 0.25) is 0 Å². The number of hydrogen-bond acceptors (Lipinski definition) is 1. The van der Waals surface area contributed by atoms with Gasteiger partial charge >= 0.3 is 72.6 Å². The summed E-state index contributed by atoms with van der Waals surface area (Å²) in [4.78, 5) is 0. The van der Waals surface area contributed by atoms with Crippen molar-refractivity contribution in [2.75, 3.05) is 0 Å². The standard InChI is InChI=1S/C6H3AsBrFO/c8-6-4(7-10)2-1-3-5(6)9/h1-3H. The summed E-state index contributed by atoms with van der Waals surface area (Å²) >= 11 is 1.85. The van der Waals surface area contributed by atoms with Crippen molar-refractivity contribution in [1.29, 1.82) is 0 Å². The van der Waals surface area contributed by atoms with Gasteiger partial charge in [0.15, 0.2) is 0 Å². The van der Waals surface area contributed by atoms with Crippen molar-refractivity contribution in [3.63, 3.8) is 0 Å². The molecule has 0 amide bonds. The fraction of sp³-hybridized carbons (Fsp3) is 0. The van der Waals surface area contributed by atoms with Gasteiger partial charge in [0, 0.05) is 0 Å². The van der Waals surface area contributed by atoms with Crippen LogP contribution in [0.2, 0.25) is 0 Å². The molecule has 4 heteroatoms. The van der Waals surface area contributed by atoms with Crippen LogP contribution in [-0.2, 0) is 3.74 Å². The Balaban J connectivity index is 3.27. The van der Waals surface area contributed by atoms with Crippen LogP contribution in [0.4, 0.5) is 4.39 Å². The summed E-state index contributed by atoms with van der Waals surface area (Å²) in [7, 11) is 0. The maximum atomic E-state index is 12.6. The Labute approximate surface area is 72.7 Å². The van der Waals surface area contributed by atoms with Crippen molar-refractivity contribution in [3.8, 4) is 0 Å². The van der Waals surface area contributed by atoms with E-state index in [0.29, 0.717) is 8.82 Å². The van der Waals surface area contributed by atoms with Gasteiger partial charge in [0.1, 0.15) is 0 Å². The van der Waals surface area contributed by atoms with Crippen LogP contribution in [0.1, 0.15) is 0 Å². The van der Waals surface area contributed by atoms with E-state index in [1.165, 1.54) is 6.07 Å². The van der Waals surface area contributed by atoms with Crippen molar-refractivity contribution in [1.82, 2.24) is 0 Å². The molecule has 0 aliphatic rings. The quantitative estimate of drug-likeness (QED) is 0.698. The molecule has 0 saturated heterocycles. The number of rotatable bonds is 1. The monoisotopic (exact) mass is 264 g/mol.